The van der Waals surface area contributed by atoms with Gasteiger partial charge in [0.2, 0.25) is 5.91 Å². The lowest BCUT2D eigenvalue weighted by atomic mass is 10.1. The Labute approximate surface area is 200 Å². The number of aromatic nitrogens is 1. The van der Waals surface area contributed by atoms with Gasteiger partial charge in [0.15, 0.2) is 6.10 Å². The van der Waals surface area contributed by atoms with Crippen molar-refractivity contribution in [2.24, 2.45) is 0 Å². The van der Waals surface area contributed by atoms with E-state index in [1.165, 1.54) is 11.3 Å². The van der Waals surface area contributed by atoms with Gasteiger partial charge in [-0.05, 0) is 18.2 Å². The van der Waals surface area contributed by atoms with Gasteiger partial charge < -0.3 is 19.3 Å². The molecule has 1 unspecified atom stereocenters. The second-order valence-electron chi connectivity index (χ2n) is 7.82. The van der Waals surface area contributed by atoms with Crippen LogP contribution in [0.2, 0.25) is 5.02 Å². The molecule has 3 aromatic rings. The SMILES string of the molecule is O=C(C1CN(C(=O)Cc2csc(-c3ccccc3Cl)n2)c2ccccc2O1)N1CCOCC1. The normalized spacial score (nSPS) is 17.9. The molecule has 0 aliphatic carbocycles. The predicted molar refractivity (Wildman–Crippen MR) is 127 cm³/mol. The molecule has 0 bridgehead atoms. The van der Waals surface area contributed by atoms with Gasteiger partial charge in [0.25, 0.3) is 5.91 Å². The molecule has 1 saturated heterocycles. The van der Waals surface area contributed by atoms with E-state index in [1.807, 2.05) is 47.8 Å². The quantitative estimate of drug-likeness (QED) is 0.566. The summed E-state index contributed by atoms with van der Waals surface area (Å²) in [5.74, 6) is 0.264. The topological polar surface area (TPSA) is 72.0 Å². The summed E-state index contributed by atoms with van der Waals surface area (Å²) in [6.07, 6.45) is -0.635. The number of anilines is 1. The molecule has 0 radical (unpaired) electrons. The van der Waals surface area contributed by atoms with Crippen LogP contribution in [0, 0.1) is 0 Å². The number of carbonyl (C=O) groups is 2. The summed E-state index contributed by atoms with van der Waals surface area (Å²) >= 11 is 7.75. The molecule has 9 heteroatoms. The second-order valence-corrected chi connectivity index (χ2v) is 9.08. The second kappa shape index (κ2) is 9.51. The number of rotatable bonds is 4. The number of thiazole rings is 1. The minimum absolute atomic E-state index is 0.119. The van der Waals surface area contributed by atoms with Crippen LogP contribution >= 0.6 is 22.9 Å². The van der Waals surface area contributed by atoms with Crippen LogP contribution in [-0.4, -0.2) is 60.7 Å². The number of hydrogen-bond donors (Lipinski definition) is 0. The lowest BCUT2D eigenvalue weighted by Gasteiger charge is -2.37. The summed E-state index contributed by atoms with van der Waals surface area (Å²) in [6.45, 7) is 2.23. The molecule has 33 heavy (non-hydrogen) atoms. The lowest BCUT2D eigenvalue weighted by Crippen LogP contribution is -2.54. The number of para-hydroxylation sites is 2. The van der Waals surface area contributed by atoms with E-state index < -0.39 is 6.10 Å². The van der Waals surface area contributed by atoms with Gasteiger partial charge in [0.1, 0.15) is 10.8 Å². The number of nitrogens with zero attached hydrogens (tertiary/aromatic N) is 3. The zero-order valence-corrected chi connectivity index (χ0v) is 19.3. The van der Waals surface area contributed by atoms with Crippen molar-refractivity contribution >= 4 is 40.4 Å². The summed E-state index contributed by atoms with van der Waals surface area (Å²) in [4.78, 5) is 34.4. The molecule has 5 rings (SSSR count). The Morgan fingerprint density at radius 3 is 2.67 bits per heavy atom. The standard InChI is InChI=1S/C24H22ClN3O4S/c25-18-6-2-1-5-17(18)23-26-16(15-33-23)13-22(29)28-14-21(24(30)27-9-11-31-12-10-27)32-20-8-4-3-7-19(20)28/h1-8,15,21H,9-14H2. The Bertz CT molecular complexity index is 1180. The molecule has 170 valence electrons. The highest BCUT2D eigenvalue weighted by molar-refractivity contribution is 7.13. The third-order valence-corrected chi connectivity index (χ3v) is 6.92. The van der Waals surface area contributed by atoms with E-state index in [2.05, 4.69) is 4.98 Å². The van der Waals surface area contributed by atoms with Crippen LogP contribution in [0.3, 0.4) is 0 Å². The van der Waals surface area contributed by atoms with Gasteiger partial charge in [-0.3, -0.25) is 9.59 Å². The number of fused-ring (bicyclic) bond motifs is 1. The van der Waals surface area contributed by atoms with Crippen molar-refractivity contribution in [2.75, 3.05) is 37.7 Å². The minimum atomic E-state index is -0.754. The molecule has 0 N–H and O–H groups in total. The molecular weight excluding hydrogens is 462 g/mol. The van der Waals surface area contributed by atoms with Gasteiger partial charge in [-0.15, -0.1) is 11.3 Å². The Balaban J connectivity index is 1.35. The Hall–Kier alpha value is -2.94. The van der Waals surface area contributed by atoms with Gasteiger partial charge in [-0.25, -0.2) is 4.98 Å². The number of amides is 2. The Kier molecular flexibility index (Phi) is 6.30. The third kappa shape index (κ3) is 4.59. The first-order valence-corrected chi connectivity index (χ1v) is 12.0. The van der Waals surface area contributed by atoms with E-state index in [0.717, 1.165) is 10.6 Å². The number of ether oxygens (including phenoxy) is 2. The molecule has 2 aliphatic rings. The van der Waals surface area contributed by atoms with E-state index in [0.29, 0.717) is 48.5 Å². The number of hydrogen-bond acceptors (Lipinski definition) is 6. The summed E-state index contributed by atoms with van der Waals surface area (Å²) in [7, 11) is 0. The van der Waals surface area contributed by atoms with E-state index in [1.54, 1.807) is 15.9 Å². The predicted octanol–water partition coefficient (Wildman–Crippen LogP) is 3.66. The number of carbonyl (C=O) groups excluding carboxylic acids is 2. The molecule has 2 aromatic carbocycles. The third-order valence-electron chi connectivity index (χ3n) is 5.66. The molecule has 2 aliphatic heterocycles. The molecular formula is C24H22ClN3O4S. The van der Waals surface area contributed by atoms with Crippen LogP contribution in [0.4, 0.5) is 5.69 Å². The highest BCUT2D eigenvalue weighted by atomic mass is 35.5. The number of halogens is 1. The monoisotopic (exact) mass is 483 g/mol. The fourth-order valence-electron chi connectivity index (χ4n) is 3.98. The highest BCUT2D eigenvalue weighted by Gasteiger charge is 2.36. The Morgan fingerprint density at radius 2 is 1.85 bits per heavy atom. The van der Waals surface area contributed by atoms with Crippen molar-refractivity contribution in [3.8, 4) is 16.3 Å². The first kappa shape index (κ1) is 21.9. The van der Waals surface area contributed by atoms with Gasteiger partial charge in [-0.1, -0.05) is 41.9 Å². The van der Waals surface area contributed by atoms with Crippen molar-refractivity contribution in [3.63, 3.8) is 0 Å². The maximum atomic E-state index is 13.4. The first-order valence-electron chi connectivity index (χ1n) is 10.7. The summed E-state index contributed by atoms with van der Waals surface area (Å²) in [6, 6.07) is 14.8. The zero-order valence-electron chi connectivity index (χ0n) is 17.8. The molecule has 0 spiro atoms. The summed E-state index contributed by atoms with van der Waals surface area (Å²) < 4.78 is 11.3. The van der Waals surface area contributed by atoms with Crippen molar-refractivity contribution in [1.82, 2.24) is 9.88 Å². The van der Waals surface area contributed by atoms with Crippen molar-refractivity contribution in [1.29, 1.82) is 0 Å². The van der Waals surface area contributed by atoms with E-state index >= 15 is 0 Å². The van der Waals surface area contributed by atoms with Crippen LogP contribution in [0.15, 0.2) is 53.9 Å². The number of morpholine rings is 1. The largest absolute Gasteiger partial charge is 0.476 e. The highest BCUT2D eigenvalue weighted by Crippen LogP contribution is 2.35. The van der Waals surface area contributed by atoms with Gasteiger partial charge in [-0.2, -0.15) is 0 Å². The fraction of sp³-hybridized carbons (Fsp3) is 0.292. The van der Waals surface area contributed by atoms with Gasteiger partial charge in [0, 0.05) is 24.0 Å². The van der Waals surface area contributed by atoms with Crippen molar-refractivity contribution in [2.45, 2.75) is 12.5 Å². The van der Waals surface area contributed by atoms with Crippen LogP contribution in [0.1, 0.15) is 5.69 Å². The van der Waals surface area contributed by atoms with E-state index in [-0.39, 0.29) is 24.8 Å². The minimum Gasteiger partial charge on any atom is -0.476 e. The molecule has 3 heterocycles. The smallest absolute Gasteiger partial charge is 0.265 e. The van der Waals surface area contributed by atoms with Gasteiger partial charge in [0.05, 0.1) is 42.6 Å². The van der Waals surface area contributed by atoms with E-state index in [4.69, 9.17) is 21.1 Å². The maximum absolute atomic E-state index is 13.4. The summed E-state index contributed by atoms with van der Waals surface area (Å²) in [5.41, 5.74) is 2.17. The average Bonchev–Trinajstić information content (AvgIpc) is 3.31. The molecule has 7 nitrogen and oxygen atoms in total. The molecule has 1 aromatic heterocycles. The molecule has 1 fully saturated rings. The molecule has 0 saturated carbocycles. The average molecular weight is 484 g/mol. The molecule has 1 atom stereocenters. The lowest BCUT2D eigenvalue weighted by molar-refractivity contribution is -0.142. The van der Waals surface area contributed by atoms with Crippen LogP contribution < -0.4 is 9.64 Å². The van der Waals surface area contributed by atoms with E-state index in [9.17, 15) is 9.59 Å². The molecule has 2 amide bonds. The number of benzene rings is 2. The summed E-state index contributed by atoms with van der Waals surface area (Å²) in [5, 5.41) is 3.27. The van der Waals surface area contributed by atoms with Gasteiger partial charge >= 0.3 is 0 Å². The van der Waals surface area contributed by atoms with Crippen molar-refractivity contribution in [3.05, 3.63) is 64.6 Å². The first-order chi connectivity index (χ1) is 16.1. The maximum Gasteiger partial charge on any atom is 0.265 e. The van der Waals surface area contributed by atoms with Crippen molar-refractivity contribution < 1.29 is 19.1 Å². The van der Waals surface area contributed by atoms with Crippen LogP contribution in [0.5, 0.6) is 5.75 Å². The Morgan fingerprint density at radius 1 is 1.09 bits per heavy atom. The van der Waals surface area contributed by atoms with Crippen LogP contribution in [-0.2, 0) is 20.7 Å². The van der Waals surface area contributed by atoms with Crippen LogP contribution in [0.25, 0.3) is 10.6 Å². The zero-order chi connectivity index (χ0) is 22.8. The fourth-order valence-corrected chi connectivity index (χ4v) is 5.12.